The summed E-state index contributed by atoms with van der Waals surface area (Å²) in [6.07, 6.45) is 1.63. The Hall–Kier alpha value is -1.63. The highest BCUT2D eigenvalue weighted by Crippen LogP contribution is 2.34. The minimum atomic E-state index is -0.443. The number of hydrogen-bond acceptors (Lipinski definition) is 5. The van der Waals surface area contributed by atoms with E-state index in [4.69, 9.17) is 4.74 Å². The number of esters is 1. The molecule has 1 atom stereocenters. The molecule has 0 aromatic heterocycles. The molecule has 0 N–H and O–H groups in total. The highest BCUT2D eigenvalue weighted by atomic mass is 79.9. The van der Waals surface area contributed by atoms with E-state index in [-0.39, 0.29) is 17.7 Å². The molecule has 20 heavy (non-hydrogen) atoms. The van der Waals surface area contributed by atoms with Gasteiger partial charge in [0.25, 0.3) is 5.69 Å². The fourth-order valence-corrected chi connectivity index (χ4v) is 2.98. The van der Waals surface area contributed by atoms with Gasteiger partial charge in [-0.05, 0) is 41.8 Å². The molecule has 1 saturated heterocycles. The largest absolute Gasteiger partial charge is 0.464 e. The second-order valence-electron chi connectivity index (χ2n) is 4.50. The van der Waals surface area contributed by atoms with E-state index in [1.54, 1.807) is 13.0 Å². The first-order valence-electron chi connectivity index (χ1n) is 6.41. The molecule has 1 aromatic rings. The molecule has 1 heterocycles. The van der Waals surface area contributed by atoms with Gasteiger partial charge in [0.05, 0.1) is 17.2 Å². The highest BCUT2D eigenvalue weighted by molar-refractivity contribution is 9.10. The molecule has 1 aliphatic heterocycles. The number of hydrogen-bond donors (Lipinski definition) is 0. The van der Waals surface area contributed by atoms with Crippen molar-refractivity contribution in [3.8, 4) is 0 Å². The number of nitro groups is 1. The van der Waals surface area contributed by atoms with Gasteiger partial charge in [-0.1, -0.05) is 0 Å². The summed E-state index contributed by atoms with van der Waals surface area (Å²) in [5.41, 5.74) is 0.804. The van der Waals surface area contributed by atoms with Gasteiger partial charge < -0.3 is 9.64 Å². The van der Waals surface area contributed by atoms with E-state index in [9.17, 15) is 14.9 Å². The molecule has 1 fully saturated rings. The first-order chi connectivity index (χ1) is 9.54. The lowest BCUT2D eigenvalue weighted by Gasteiger charge is -2.26. The highest BCUT2D eigenvalue weighted by Gasteiger charge is 2.33. The van der Waals surface area contributed by atoms with Crippen LogP contribution in [0.5, 0.6) is 0 Å². The lowest BCUT2D eigenvalue weighted by molar-refractivity contribution is -0.384. The summed E-state index contributed by atoms with van der Waals surface area (Å²) in [5.74, 6) is -0.241. The molecule has 0 bridgehead atoms. The Morgan fingerprint density at radius 2 is 2.35 bits per heavy atom. The van der Waals surface area contributed by atoms with Gasteiger partial charge >= 0.3 is 5.97 Å². The summed E-state index contributed by atoms with van der Waals surface area (Å²) in [7, 11) is 0. The van der Waals surface area contributed by atoms with Crippen LogP contribution in [0, 0.1) is 10.1 Å². The molecule has 0 amide bonds. The average Bonchev–Trinajstić information content (AvgIpc) is 2.87. The summed E-state index contributed by atoms with van der Waals surface area (Å²) >= 11 is 3.34. The minimum absolute atomic E-state index is 0.0208. The van der Waals surface area contributed by atoms with Gasteiger partial charge in [-0.3, -0.25) is 10.1 Å². The zero-order valence-corrected chi connectivity index (χ0v) is 12.6. The van der Waals surface area contributed by atoms with Crippen molar-refractivity contribution in [2.45, 2.75) is 25.8 Å². The summed E-state index contributed by atoms with van der Waals surface area (Å²) in [4.78, 5) is 24.2. The van der Waals surface area contributed by atoms with Gasteiger partial charge in [0, 0.05) is 23.2 Å². The first kappa shape index (κ1) is 14.8. The van der Waals surface area contributed by atoms with Crippen LogP contribution in [-0.4, -0.2) is 30.1 Å². The monoisotopic (exact) mass is 342 g/mol. The van der Waals surface area contributed by atoms with Crippen molar-refractivity contribution >= 4 is 33.3 Å². The molecular weight excluding hydrogens is 328 g/mol. The van der Waals surface area contributed by atoms with E-state index < -0.39 is 4.92 Å². The molecule has 1 unspecified atom stereocenters. The Morgan fingerprint density at radius 1 is 1.60 bits per heavy atom. The van der Waals surface area contributed by atoms with E-state index in [0.717, 1.165) is 25.1 Å². The van der Waals surface area contributed by atoms with Crippen LogP contribution in [0.4, 0.5) is 11.4 Å². The normalized spacial score (nSPS) is 18.1. The number of non-ortho nitro benzene ring substituents is 1. The van der Waals surface area contributed by atoms with Gasteiger partial charge in [0.1, 0.15) is 6.04 Å². The summed E-state index contributed by atoms with van der Waals surface area (Å²) < 4.78 is 5.69. The van der Waals surface area contributed by atoms with Crippen molar-refractivity contribution in [2.24, 2.45) is 0 Å². The third-order valence-electron chi connectivity index (χ3n) is 3.26. The Morgan fingerprint density at radius 3 is 2.95 bits per heavy atom. The minimum Gasteiger partial charge on any atom is -0.464 e. The Bertz CT molecular complexity index is 535. The maximum Gasteiger partial charge on any atom is 0.328 e. The standard InChI is InChI=1S/C13H15BrN2O4/c1-2-20-13(17)12-4-3-7-15(12)11-6-5-9(16(18)19)8-10(11)14/h5-6,8,12H,2-4,7H2,1H3. The van der Waals surface area contributed by atoms with E-state index in [1.165, 1.54) is 12.1 Å². The van der Waals surface area contributed by atoms with Crippen LogP contribution in [0.25, 0.3) is 0 Å². The number of halogens is 1. The predicted octanol–water partition coefficient (Wildman–Crippen LogP) is 2.89. The number of nitro benzene ring substituents is 1. The number of anilines is 1. The van der Waals surface area contributed by atoms with Gasteiger partial charge in [0.2, 0.25) is 0 Å². The summed E-state index contributed by atoms with van der Waals surface area (Å²) in [6, 6.07) is 4.25. The van der Waals surface area contributed by atoms with Crippen molar-refractivity contribution in [3.63, 3.8) is 0 Å². The third-order valence-corrected chi connectivity index (χ3v) is 3.90. The third kappa shape index (κ3) is 2.92. The van der Waals surface area contributed by atoms with Crippen molar-refractivity contribution in [1.82, 2.24) is 0 Å². The molecular formula is C13H15BrN2O4. The Kier molecular flexibility index (Phi) is 4.59. The topological polar surface area (TPSA) is 72.7 Å². The van der Waals surface area contributed by atoms with E-state index >= 15 is 0 Å². The predicted molar refractivity (Wildman–Crippen MR) is 77.8 cm³/mol. The second-order valence-corrected chi connectivity index (χ2v) is 5.35. The van der Waals surface area contributed by atoms with Gasteiger partial charge in [-0.25, -0.2) is 4.79 Å². The summed E-state index contributed by atoms with van der Waals surface area (Å²) in [6.45, 7) is 2.86. The lowest BCUT2D eigenvalue weighted by Crippen LogP contribution is -2.37. The van der Waals surface area contributed by atoms with Crippen LogP contribution in [0.3, 0.4) is 0 Å². The molecule has 0 spiro atoms. The Balaban J connectivity index is 2.26. The fraction of sp³-hybridized carbons (Fsp3) is 0.462. The average molecular weight is 343 g/mol. The molecule has 0 radical (unpaired) electrons. The summed E-state index contributed by atoms with van der Waals surface area (Å²) in [5, 5.41) is 10.7. The maximum absolute atomic E-state index is 11.9. The number of carbonyl (C=O) groups excluding carboxylic acids is 1. The number of ether oxygens (including phenoxy) is 1. The molecule has 2 rings (SSSR count). The number of nitrogens with zero attached hydrogens (tertiary/aromatic N) is 2. The van der Waals surface area contributed by atoms with Crippen LogP contribution in [0.15, 0.2) is 22.7 Å². The quantitative estimate of drug-likeness (QED) is 0.478. The van der Waals surface area contributed by atoms with Crippen LogP contribution in [0.1, 0.15) is 19.8 Å². The number of rotatable bonds is 4. The molecule has 6 nitrogen and oxygen atoms in total. The van der Waals surface area contributed by atoms with Crippen LogP contribution < -0.4 is 4.90 Å². The van der Waals surface area contributed by atoms with E-state index in [1.807, 2.05) is 4.90 Å². The molecule has 1 aromatic carbocycles. The van der Waals surface area contributed by atoms with E-state index in [2.05, 4.69) is 15.9 Å². The smallest absolute Gasteiger partial charge is 0.328 e. The van der Waals surface area contributed by atoms with Gasteiger partial charge in [0.15, 0.2) is 0 Å². The zero-order chi connectivity index (χ0) is 14.7. The number of carbonyl (C=O) groups is 1. The van der Waals surface area contributed by atoms with Gasteiger partial charge in [-0.2, -0.15) is 0 Å². The van der Waals surface area contributed by atoms with E-state index in [0.29, 0.717) is 11.1 Å². The number of benzene rings is 1. The van der Waals surface area contributed by atoms with Gasteiger partial charge in [-0.15, -0.1) is 0 Å². The zero-order valence-electron chi connectivity index (χ0n) is 11.0. The maximum atomic E-state index is 11.9. The Labute approximate surface area is 125 Å². The van der Waals surface area contributed by atoms with Crippen molar-refractivity contribution < 1.29 is 14.5 Å². The SMILES string of the molecule is CCOC(=O)C1CCCN1c1ccc([N+](=O)[O-])cc1Br. The molecule has 1 aliphatic rings. The van der Waals surface area contributed by atoms with Crippen molar-refractivity contribution in [1.29, 1.82) is 0 Å². The van der Waals surface area contributed by atoms with Crippen LogP contribution in [-0.2, 0) is 9.53 Å². The molecule has 7 heteroatoms. The van der Waals surface area contributed by atoms with Crippen LogP contribution in [0.2, 0.25) is 0 Å². The molecule has 0 aliphatic carbocycles. The fourth-order valence-electron chi connectivity index (χ4n) is 2.38. The van der Waals surface area contributed by atoms with Crippen LogP contribution >= 0.6 is 15.9 Å². The first-order valence-corrected chi connectivity index (χ1v) is 7.21. The lowest BCUT2D eigenvalue weighted by atomic mass is 10.2. The van der Waals surface area contributed by atoms with Crippen molar-refractivity contribution in [2.75, 3.05) is 18.1 Å². The molecule has 0 saturated carbocycles. The van der Waals surface area contributed by atoms with Crippen molar-refractivity contribution in [3.05, 3.63) is 32.8 Å². The molecule has 108 valence electrons. The second kappa shape index (κ2) is 6.21.